The quantitative estimate of drug-likeness (QED) is 0.367. The average molecular weight is 510 g/mol. The second-order valence-electron chi connectivity index (χ2n) is 9.69. The van der Waals surface area contributed by atoms with Crippen LogP contribution in [0, 0.1) is 6.92 Å². The Morgan fingerprint density at radius 3 is 2.42 bits per heavy atom. The molecule has 1 aliphatic rings. The van der Waals surface area contributed by atoms with E-state index in [2.05, 4.69) is 25.7 Å². The summed E-state index contributed by atoms with van der Waals surface area (Å²) in [5.41, 5.74) is 3.57. The summed E-state index contributed by atoms with van der Waals surface area (Å²) in [4.78, 5) is 34.6. The Labute approximate surface area is 221 Å². The fourth-order valence-electron chi connectivity index (χ4n) is 4.81. The van der Waals surface area contributed by atoms with E-state index in [0.717, 1.165) is 42.4 Å². The summed E-state index contributed by atoms with van der Waals surface area (Å²) in [6.07, 6.45) is 7.38. The van der Waals surface area contributed by atoms with Gasteiger partial charge in [0.2, 0.25) is 17.6 Å². The maximum absolute atomic E-state index is 13.9. The Balaban J connectivity index is 1.44. The van der Waals surface area contributed by atoms with E-state index in [1.54, 1.807) is 29.4 Å². The number of hydrogen-bond donors (Lipinski definition) is 1. The standard InChI is InChI=1S/C29H31N7O2/c1-21-11-13-24(14-12-21)28-32-34-36(33-28)20-26(37)35(19-22-7-3-2-4-8-22)27(23-15-17-30-18-16-23)29(38)31-25-9-5-6-10-25/h2-4,7-8,11-18,25,27H,5-6,9-10,19-20H2,1H3,(H,31,38)/t27-/m1/s1. The summed E-state index contributed by atoms with van der Waals surface area (Å²) < 4.78 is 0. The van der Waals surface area contributed by atoms with Crippen molar-refractivity contribution < 1.29 is 9.59 Å². The molecule has 0 unspecified atom stereocenters. The highest BCUT2D eigenvalue weighted by Gasteiger charge is 2.33. The van der Waals surface area contributed by atoms with Crippen molar-refractivity contribution in [1.82, 2.24) is 35.4 Å². The van der Waals surface area contributed by atoms with Crippen molar-refractivity contribution in [3.63, 3.8) is 0 Å². The molecule has 1 saturated carbocycles. The third-order valence-corrected chi connectivity index (χ3v) is 6.84. The Hall–Kier alpha value is -4.40. The van der Waals surface area contributed by atoms with E-state index in [9.17, 15) is 9.59 Å². The first kappa shape index (κ1) is 25.3. The van der Waals surface area contributed by atoms with E-state index >= 15 is 0 Å². The van der Waals surface area contributed by atoms with E-state index < -0.39 is 6.04 Å². The predicted molar refractivity (Wildman–Crippen MR) is 142 cm³/mol. The molecule has 9 nitrogen and oxygen atoms in total. The first-order valence-corrected chi connectivity index (χ1v) is 13.0. The van der Waals surface area contributed by atoms with Crippen LogP contribution in [0.5, 0.6) is 0 Å². The Morgan fingerprint density at radius 2 is 1.71 bits per heavy atom. The van der Waals surface area contributed by atoms with Gasteiger partial charge in [0.25, 0.3) is 0 Å². The third kappa shape index (κ3) is 6.11. The largest absolute Gasteiger partial charge is 0.351 e. The van der Waals surface area contributed by atoms with E-state index in [1.165, 1.54) is 4.80 Å². The number of nitrogens with one attached hydrogen (secondary N) is 1. The number of aryl methyl sites for hydroxylation is 1. The van der Waals surface area contributed by atoms with Gasteiger partial charge >= 0.3 is 0 Å². The topological polar surface area (TPSA) is 106 Å². The summed E-state index contributed by atoms with van der Waals surface area (Å²) in [5, 5.41) is 15.9. The Morgan fingerprint density at radius 1 is 1.00 bits per heavy atom. The minimum atomic E-state index is -0.827. The van der Waals surface area contributed by atoms with E-state index in [-0.39, 0.29) is 30.9 Å². The minimum absolute atomic E-state index is 0.120. The van der Waals surface area contributed by atoms with Crippen LogP contribution in [0.3, 0.4) is 0 Å². The number of carbonyl (C=O) groups is 2. The van der Waals surface area contributed by atoms with Gasteiger partial charge in [0.05, 0.1) is 0 Å². The number of tetrazole rings is 1. The van der Waals surface area contributed by atoms with Crippen LogP contribution in [0.1, 0.15) is 48.4 Å². The molecule has 194 valence electrons. The normalized spacial score (nSPS) is 14.2. The van der Waals surface area contributed by atoms with Crippen LogP contribution < -0.4 is 5.32 Å². The lowest BCUT2D eigenvalue weighted by molar-refractivity contribution is -0.142. The van der Waals surface area contributed by atoms with E-state index in [4.69, 9.17) is 0 Å². The molecule has 4 aromatic rings. The molecule has 0 bridgehead atoms. The van der Waals surface area contributed by atoms with Gasteiger partial charge < -0.3 is 10.2 Å². The van der Waals surface area contributed by atoms with Gasteiger partial charge in [0.1, 0.15) is 12.6 Å². The van der Waals surface area contributed by atoms with Gasteiger partial charge in [0.15, 0.2) is 0 Å². The number of amides is 2. The van der Waals surface area contributed by atoms with Crippen molar-refractivity contribution in [2.75, 3.05) is 0 Å². The van der Waals surface area contributed by atoms with Gasteiger partial charge in [0, 0.05) is 30.5 Å². The second-order valence-corrected chi connectivity index (χ2v) is 9.69. The molecule has 1 atom stereocenters. The monoisotopic (exact) mass is 509 g/mol. The average Bonchev–Trinajstić information content (AvgIpc) is 3.62. The number of pyridine rings is 1. The summed E-state index contributed by atoms with van der Waals surface area (Å²) in [5.74, 6) is -0.0403. The minimum Gasteiger partial charge on any atom is -0.351 e. The molecule has 0 aliphatic heterocycles. The maximum atomic E-state index is 13.9. The van der Waals surface area contributed by atoms with E-state index in [0.29, 0.717) is 11.4 Å². The highest BCUT2D eigenvalue weighted by atomic mass is 16.2. The van der Waals surface area contributed by atoms with Crippen molar-refractivity contribution in [1.29, 1.82) is 0 Å². The molecule has 9 heteroatoms. The third-order valence-electron chi connectivity index (χ3n) is 6.84. The fourth-order valence-corrected chi connectivity index (χ4v) is 4.81. The summed E-state index contributed by atoms with van der Waals surface area (Å²) in [6, 6.07) is 20.3. The molecule has 2 aromatic carbocycles. The molecule has 0 radical (unpaired) electrons. The first-order chi connectivity index (χ1) is 18.6. The summed E-state index contributed by atoms with van der Waals surface area (Å²) >= 11 is 0. The highest BCUT2D eigenvalue weighted by Crippen LogP contribution is 2.26. The van der Waals surface area contributed by atoms with Crippen LogP contribution in [0.25, 0.3) is 11.4 Å². The molecular formula is C29H31N7O2. The molecule has 1 aliphatic carbocycles. The van der Waals surface area contributed by atoms with Crippen molar-refractivity contribution in [2.24, 2.45) is 0 Å². The number of hydrogen-bond acceptors (Lipinski definition) is 6. The first-order valence-electron chi connectivity index (χ1n) is 13.0. The van der Waals surface area contributed by atoms with Crippen molar-refractivity contribution in [3.05, 3.63) is 95.8 Å². The van der Waals surface area contributed by atoms with Crippen LogP contribution in [0.2, 0.25) is 0 Å². The number of aromatic nitrogens is 5. The zero-order chi connectivity index (χ0) is 26.3. The molecule has 2 heterocycles. The van der Waals surface area contributed by atoms with Gasteiger partial charge in [-0.3, -0.25) is 14.6 Å². The van der Waals surface area contributed by atoms with Crippen LogP contribution >= 0.6 is 0 Å². The van der Waals surface area contributed by atoms with Crippen molar-refractivity contribution in [2.45, 2.75) is 57.8 Å². The number of carbonyl (C=O) groups excluding carboxylic acids is 2. The molecule has 5 rings (SSSR count). The van der Waals surface area contributed by atoms with Gasteiger partial charge in [-0.25, -0.2) is 0 Å². The van der Waals surface area contributed by atoms with Gasteiger partial charge in [-0.1, -0.05) is 73.0 Å². The Bertz CT molecular complexity index is 1350. The summed E-state index contributed by atoms with van der Waals surface area (Å²) in [6.45, 7) is 2.12. The van der Waals surface area contributed by atoms with E-state index in [1.807, 2.05) is 61.5 Å². The maximum Gasteiger partial charge on any atom is 0.247 e. The number of benzene rings is 2. The molecule has 2 aromatic heterocycles. The van der Waals surface area contributed by atoms with Gasteiger partial charge in [-0.15, -0.1) is 10.2 Å². The molecule has 1 fully saturated rings. The van der Waals surface area contributed by atoms with Crippen molar-refractivity contribution in [3.8, 4) is 11.4 Å². The fraction of sp³-hybridized carbons (Fsp3) is 0.310. The lowest BCUT2D eigenvalue weighted by atomic mass is 10.0. The molecule has 0 spiro atoms. The highest BCUT2D eigenvalue weighted by molar-refractivity contribution is 5.88. The molecular weight excluding hydrogens is 478 g/mol. The predicted octanol–water partition coefficient (Wildman–Crippen LogP) is 3.87. The molecule has 38 heavy (non-hydrogen) atoms. The zero-order valence-corrected chi connectivity index (χ0v) is 21.4. The lowest BCUT2D eigenvalue weighted by Gasteiger charge is -2.32. The number of nitrogens with zero attached hydrogens (tertiary/aromatic N) is 6. The van der Waals surface area contributed by atoms with Crippen molar-refractivity contribution >= 4 is 11.8 Å². The summed E-state index contributed by atoms with van der Waals surface area (Å²) in [7, 11) is 0. The molecule has 0 saturated heterocycles. The van der Waals surface area contributed by atoms with Crippen LogP contribution in [0.4, 0.5) is 0 Å². The smallest absolute Gasteiger partial charge is 0.247 e. The molecule has 2 amide bonds. The van der Waals surface area contributed by atoms with Crippen LogP contribution in [-0.4, -0.2) is 47.9 Å². The Kier molecular flexibility index (Phi) is 7.82. The van der Waals surface area contributed by atoms with Crippen LogP contribution in [-0.2, 0) is 22.7 Å². The van der Waals surface area contributed by atoms with Gasteiger partial charge in [-0.2, -0.15) is 4.80 Å². The SMILES string of the molecule is Cc1ccc(-c2nnn(CC(=O)N(Cc3ccccc3)[C@@H](C(=O)NC3CCCC3)c3ccncc3)n2)cc1. The van der Waals surface area contributed by atoms with Gasteiger partial charge in [-0.05, 0) is 48.2 Å². The zero-order valence-electron chi connectivity index (χ0n) is 21.4. The molecule has 1 N–H and O–H groups in total. The second kappa shape index (κ2) is 11.8. The lowest BCUT2D eigenvalue weighted by Crippen LogP contribution is -2.46. The number of rotatable bonds is 9. The van der Waals surface area contributed by atoms with Crippen LogP contribution in [0.15, 0.2) is 79.1 Å².